The van der Waals surface area contributed by atoms with Gasteiger partial charge in [-0.05, 0) is 0 Å². The van der Waals surface area contributed by atoms with Crippen molar-refractivity contribution in [1.29, 1.82) is 0 Å². The van der Waals surface area contributed by atoms with Crippen molar-refractivity contribution in [2.75, 3.05) is 7.11 Å². The molecule has 0 rings (SSSR count). The van der Waals surface area contributed by atoms with E-state index in [4.69, 9.17) is 4.55 Å². The number of methoxy groups -OCH3 is 1. The molecule has 0 spiro atoms. The molecule has 92 valence electrons. The zero-order valence-corrected chi connectivity index (χ0v) is 11.0. The van der Waals surface area contributed by atoms with E-state index in [1.54, 1.807) is 34.7 Å². The van der Waals surface area contributed by atoms with E-state index in [9.17, 15) is 13.2 Å². The smallest absolute Gasteiger partial charge is 0.327 e. The molecule has 0 bridgehead atoms. The van der Waals surface area contributed by atoms with Gasteiger partial charge in [-0.15, -0.1) is 5.47 Å². The van der Waals surface area contributed by atoms with Crippen molar-refractivity contribution in [2.24, 2.45) is 5.41 Å². The fourth-order valence-electron chi connectivity index (χ4n) is 1.74. The van der Waals surface area contributed by atoms with Crippen LogP contribution >= 0.6 is 0 Å². The molecular formula is C9H17BO5S. The van der Waals surface area contributed by atoms with Crippen molar-refractivity contribution in [3.05, 3.63) is 11.5 Å². The largest absolute Gasteiger partial charge is 0.468 e. The van der Waals surface area contributed by atoms with Crippen molar-refractivity contribution in [3.8, 4) is 0 Å². The lowest BCUT2D eigenvalue weighted by atomic mass is 9.82. The summed E-state index contributed by atoms with van der Waals surface area (Å²) in [5.74, 6) is -0.968. The number of carbonyl (C=O) groups is 1. The molecule has 0 saturated carbocycles. The molecule has 1 unspecified atom stereocenters. The lowest BCUT2D eigenvalue weighted by Crippen LogP contribution is -2.42. The minimum atomic E-state index is -4.50. The third-order valence-electron chi connectivity index (χ3n) is 2.05. The van der Waals surface area contributed by atoms with Gasteiger partial charge in [-0.25, -0.2) is 0 Å². The van der Waals surface area contributed by atoms with E-state index in [2.05, 4.69) is 4.74 Å². The van der Waals surface area contributed by atoms with Gasteiger partial charge in [0.1, 0.15) is 7.85 Å². The average Bonchev–Trinajstić information content (AvgIpc) is 1.97. The number of esters is 1. The molecule has 16 heavy (non-hydrogen) atoms. The SMILES string of the molecule is B/C(C)=C/C(C)(C)C(C(=O)OC)S(=O)(=O)O. The van der Waals surface area contributed by atoms with Crippen LogP contribution < -0.4 is 0 Å². The van der Waals surface area contributed by atoms with Crippen LogP contribution in [0, 0.1) is 5.41 Å². The van der Waals surface area contributed by atoms with Crippen LogP contribution in [0.15, 0.2) is 11.5 Å². The first kappa shape index (κ1) is 15.2. The van der Waals surface area contributed by atoms with Gasteiger partial charge in [-0.3, -0.25) is 9.35 Å². The van der Waals surface area contributed by atoms with Crippen LogP contribution in [-0.4, -0.2) is 39.1 Å². The fraction of sp³-hybridized carbons (Fsp3) is 0.667. The van der Waals surface area contributed by atoms with Gasteiger partial charge in [0.2, 0.25) is 0 Å². The lowest BCUT2D eigenvalue weighted by molar-refractivity contribution is -0.141. The van der Waals surface area contributed by atoms with Gasteiger partial charge < -0.3 is 4.74 Å². The van der Waals surface area contributed by atoms with E-state index in [1.807, 2.05) is 0 Å². The van der Waals surface area contributed by atoms with Crippen molar-refractivity contribution in [3.63, 3.8) is 0 Å². The summed E-state index contributed by atoms with van der Waals surface area (Å²) >= 11 is 0. The van der Waals surface area contributed by atoms with Gasteiger partial charge in [-0.2, -0.15) is 8.42 Å². The van der Waals surface area contributed by atoms with Crippen molar-refractivity contribution in [2.45, 2.75) is 26.0 Å². The molecule has 0 aliphatic heterocycles. The molecule has 0 fully saturated rings. The molecule has 0 aromatic rings. The standard InChI is InChI=1S/C9H17BO5S/c1-6(10)5-9(2,3)7(8(11)15-4)16(12,13)14/h5,7H,10H2,1-4H3,(H,12,13,14)/b6-5+. The third-order valence-corrected chi connectivity index (χ3v) is 3.45. The van der Waals surface area contributed by atoms with E-state index in [-0.39, 0.29) is 0 Å². The molecule has 0 radical (unpaired) electrons. The molecule has 7 heteroatoms. The second-order valence-corrected chi connectivity index (χ2v) is 5.96. The van der Waals surface area contributed by atoms with Crippen LogP contribution in [0.1, 0.15) is 20.8 Å². The Morgan fingerprint density at radius 2 is 1.94 bits per heavy atom. The maximum Gasteiger partial charge on any atom is 0.327 e. The average molecular weight is 248 g/mol. The van der Waals surface area contributed by atoms with Crippen LogP contribution in [0.2, 0.25) is 0 Å². The summed E-state index contributed by atoms with van der Waals surface area (Å²) in [6.07, 6.45) is 1.61. The number of allylic oxidation sites excluding steroid dienone is 2. The van der Waals surface area contributed by atoms with Gasteiger partial charge in [0.05, 0.1) is 7.11 Å². The van der Waals surface area contributed by atoms with Crippen LogP contribution in [0.25, 0.3) is 0 Å². The Morgan fingerprint density at radius 1 is 1.50 bits per heavy atom. The third kappa shape index (κ3) is 3.98. The van der Waals surface area contributed by atoms with Gasteiger partial charge >= 0.3 is 5.97 Å². The van der Waals surface area contributed by atoms with Gasteiger partial charge in [-0.1, -0.05) is 26.8 Å². The van der Waals surface area contributed by atoms with E-state index in [0.29, 0.717) is 0 Å². The normalized spacial score (nSPS) is 15.7. The van der Waals surface area contributed by atoms with E-state index in [0.717, 1.165) is 12.6 Å². The predicted molar refractivity (Wildman–Crippen MR) is 63.4 cm³/mol. The number of carbonyl (C=O) groups excluding carboxylic acids is 1. The van der Waals surface area contributed by atoms with Crippen LogP contribution in [0.5, 0.6) is 0 Å². The summed E-state index contributed by atoms with van der Waals surface area (Å²) in [5.41, 5.74) is -0.179. The summed E-state index contributed by atoms with van der Waals surface area (Å²) in [7, 11) is -1.64. The Hall–Kier alpha value is -0.815. The molecule has 0 heterocycles. The highest BCUT2D eigenvalue weighted by atomic mass is 32.2. The molecule has 0 amide bonds. The minimum absolute atomic E-state index is 0.850. The molecule has 5 nitrogen and oxygen atoms in total. The maximum absolute atomic E-state index is 11.4. The second kappa shape index (κ2) is 5.01. The molecule has 0 aliphatic carbocycles. The van der Waals surface area contributed by atoms with Gasteiger partial charge in [0, 0.05) is 5.41 Å². The quantitative estimate of drug-likeness (QED) is 0.429. The highest BCUT2D eigenvalue weighted by molar-refractivity contribution is 7.87. The summed E-state index contributed by atoms with van der Waals surface area (Å²) in [6.45, 7) is 4.88. The van der Waals surface area contributed by atoms with Crippen LogP contribution in [0.3, 0.4) is 0 Å². The minimum Gasteiger partial charge on any atom is -0.468 e. The number of hydrogen-bond acceptors (Lipinski definition) is 4. The van der Waals surface area contributed by atoms with Gasteiger partial charge in [0.15, 0.2) is 5.25 Å². The Labute approximate surface area is 97.0 Å². The molecule has 0 aromatic heterocycles. The number of rotatable bonds is 4. The Morgan fingerprint density at radius 3 is 2.19 bits per heavy atom. The zero-order valence-electron chi connectivity index (χ0n) is 10.1. The molecule has 0 aromatic carbocycles. The molecule has 0 saturated heterocycles. The van der Waals surface area contributed by atoms with Crippen molar-refractivity contribution >= 4 is 23.9 Å². The fourth-order valence-corrected chi connectivity index (χ4v) is 2.91. The monoisotopic (exact) mass is 248 g/mol. The first-order chi connectivity index (χ1) is 7.02. The molecule has 0 aliphatic rings. The highest BCUT2D eigenvalue weighted by Gasteiger charge is 2.44. The summed E-state index contributed by atoms with van der Waals surface area (Å²) in [4.78, 5) is 11.4. The Balaban J connectivity index is 5.54. The van der Waals surface area contributed by atoms with E-state index < -0.39 is 26.8 Å². The lowest BCUT2D eigenvalue weighted by Gasteiger charge is -2.27. The molecule has 1 atom stereocenters. The zero-order chi connectivity index (χ0) is 13.1. The van der Waals surface area contributed by atoms with Crippen molar-refractivity contribution < 1.29 is 22.5 Å². The second-order valence-electron chi connectivity index (χ2n) is 4.46. The molecule has 1 N–H and O–H groups in total. The first-order valence-corrected chi connectivity index (χ1v) is 6.23. The van der Waals surface area contributed by atoms with Crippen molar-refractivity contribution in [1.82, 2.24) is 0 Å². The summed E-state index contributed by atoms with van der Waals surface area (Å²) < 4.78 is 35.8. The summed E-state index contributed by atoms with van der Waals surface area (Å²) in [5, 5.41) is -1.61. The predicted octanol–water partition coefficient (Wildman–Crippen LogP) is -0.0211. The Bertz CT molecular complexity index is 392. The topological polar surface area (TPSA) is 80.7 Å². The maximum atomic E-state index is 11.4. The number of ether oxygens (including phenoxy) is 1. The molecular weight excluding hydrogens is 231 g/mol. The highest BCUT2D eigenvalue weighted by Crippen LogP contribution is 2.29. The van der Waals surface area contributed by atoms with Crippen LogP contribution in [0.4, 0.5) is 0 Å². The van der Waals surface area contributed by atoms with E-state index >= 15 is 0 Å². The number of hydrogen-bond donors (Lipinski definition) is 1. The first-order valence-electron chi connectivity index (χ1n) is 4.72. The van der Waals surface area contributed by atoms with Gasteiger partial charge in [0.25, 0.3) is 10.1 Å². The van der Waals surface area contributed by atoms with Crippen LogP contribution in [-0.2, 0) is 19.6 Å². The van der Waals surface area contributed by atoms with E-state index in [1.165, 1.54) is 0 Å². The Kier molecular flexibility index (Phi) is 4.76. The summed E-state index contributed by atoms with van der Waals surface area (Å²) in [6, 6.07) is 0.